The molecular weight excluding hydrogens is 360 g/mol. The molecule has 0 aliphatic carbocycles. The summed E-state index contributed by atoms with van der Waals surface area (Å²) in [5.74, 6) is 1.61. The first-order valence-corrected chi connectivity index (χ1v) is 10.3. The van der Waals surface area contributed by atoms with E-state index in [0.29, 0.717) is 15.7 Å². The summed E-state index contributed by atoms with van der Waals surface area (Å²) in [5, 5.41) is 0. The summed E-state index contributed by atoms with van der Waals surface area (Å²) in [6.45, 7) is 5.05. The summed E-state index contributed by atoms with van der Waals surface area (Å²) in [5.41, 5.74) is 0. The molecule has 0 atom stereocenters. The molecule has 3 rings (SSSR count). The molecule has 0 saturated carbocycles. The van der Waals surface area contributed by atoms with E-state index in [9.17, 15) is 9.59 Å². The van der Waals surface area contributed by atoms with Crippen molar-refractivity contribution >= 4 is 23.0 Å². The Morgan fingerprint density at radius 2 is 1.93 bits per heavy atom. The van der Waals surface area contributed by atoms with Gasteiger partial charge in [0.05, 0.1) is 9.75 Å². The Morgan fingerprint density at radius 3 is 2.56 bits per heavy atom. The molecule has 27 heavy (non-hydrogen) atoms. The van der Waals surface area contributed by atoms with E-state index in [-0.39, 0.29) is 11.7 Å². The van der Waals surface area contributed by atoms with Crippen LogP contribution in [-0.4, -0.2) is 64.8 Å². The number of imidazole rings is 1. The van der Waals surface area contributed by atoms with Crippen LogP contribution in [0.3, 0.4) is 0 Å². The number of piperidine rings is 1. The number of ketones is 1. The number of aromatic nitrogens is 2. The molecule has 1 saturated heterocycles. The molecule has 0 N–H and O–H groups in total. The molecule has 1 amide bonds. The standard InChI is InChI=1S/C20H28N4O2S/c1-15(25)17-5-6-18(27-17)20(26)24-12-7-16(8-13-24)19-21-9-14-23(19)11-4-10-22(2)3/h5-6,9,14,16H,4,7-8,10-13H2,1-3H3. The zero-order chi connectivity index (χ0) is 19.4. The van der Waals surface area contributed by atoms with Crippen molar-refractivity contribution in [1.82, 2.24) is 19.4 Å². The van der Waals surface area contributed by atoms with Gasteiger partial charge in [-0.2, -0.15) is 0 Å². The Hall–Kier alpha value is -1.99. The second-order valence-electron chi connectivity index (χ2n) is 7.42. The third kappa shape index (κ3) is 4.84. The second kappa shape index (κ2) is 8.80. The van der Waals surface area contributed by atoms with Crippen LogP contribution in [-0.2, 0) is 6.54 Å². The van der Waals surface area contributed by atoms with Gasteiger partial charge < -0.3 is 14.4 Å². The van der Waals surface area contributed by atoms with E-state index < -0.39 is 0 Å². The molecule has 0 unspecified atom stereocenters. The number of Topliss-reactive ketones (excluding diaryl/α,β-unsaturated/α-hetero) is 1. The molecular formula is C20H28N4O2S. The first-order valence-electron chi connectivity index (χ1n) is 9.51. The number of hydrogen-bond acceptors (Lipinski definition) is 5. The van der Waals surface area contributed by atoms with Crippen LogP contribution in [0.1, 0.15) is 57.3 Å². The number of rotatable bonds is 7. The highest BCUT2D eigenvalue weighted by Gasteiger charge is 2.27. The molecule has 0 radical (unpaired) electrons. The Balaban J connectivity index is 1.56. The number of nitrogens with zero attached hydrogens (tertiary/aromatic N) is 4. The Bertz CT molecular complexity index is 788. The summed E-state index contributed by atoms with van der Waals surface area (Å²) >= 11 is 1.29. The van der Waals surface area contributed by atoms with Gasteiger partial charge in [0, 0.05) is 37.9 Å². The lowest BCUT2D eigenvalue weighted by atomic mass is 9.95. The van der Waals surface area contributed by atoms with Gasteiger partial charge in [-0.25, -0.2) is 4.98 Å². The highest BCUT2D eigenvalue weighted by Crippen LogP contribution is 2.29. The normalized spacial score (nSPS) is 15.5. The van der Waals surface area contributed by atoms with Crippen LogP contribution in [0.4, 0.5) is 0 Å². The van der Waals surface area contributed by atoms with Gasteiger partial charge in [0.2, 0.25) is 0 Å². The van der Waals surface area contributed by atoms with E-state index in [4.69, 9.17) is 0 Å². The maximum atomic E-state index is 12.7. The topological polar surface area (TPSA) is 58.4 Å². The second-order valence-corrected chi connectivity index (χ2v) is 8.51. The fourth-order valence-electron chi connectivity index (χ4n) is 3.57. The number of hydrogen-bond donors (Lipinski definition) is 0. The van der Waals surface area contributed by atoms with Gasteiger partial charge in [-0.15, -0.1) is 11.3 Å². The SMILES string of the molecule is CC(=O)c1ccc(C(=O)N2CCC(c3nccn3CCCN(C)C)CC2)s1. The molecule has 0 bridgehead atoms. The summed E-state index contributed by atoms with van der Waals surface area (Å²) in [4.78, 5) is 34.2. The van der Waals surface area contributed by atoms with Gasteiger partial charge in [0.25, 0.3) is 5.91 Å². The van der Waals surface area contributed by atoms with Gasteiger partial charge in [-0.3, -0.25) is 9.59 Å². The third-order valence-corrected chi connectivity index (χ3v) is 6.24. The van der Waals surface area contributed by atoms with Crippen LogP contribution in [0.15, 0.2) is 24.5 Å². The molecule has 0 aromatic carbocycles. The maximum Gasteiger partial charge on any atom is 0.263 e. The minimum atomic E-state index is 0.0128. The third-order valence-electron chi connectivity index (χ3n) is 5.06. The monoisotopic (exact) mass is 388 g/mol. The molecule has 1 fully saturated rings. The summed E-state index contributed by atoms with van der Waals surface area (Å²) < 4.78 is 2.27. The van der Waals surface area contributed by atoms with Gasteiger partial charge >= 0.3 is 0 Å². The fraction of sp³-hybridized carbons (Fsp3) is 0.550. The van der Waals surface area contributed by atoms with Crippen molar-refractivity contribution < 1.29 is 9.59 Å². The predicted octanol–water partition coefficient (Wildman–Crippen LogP) is 3.12. The van der Waals surface area contributed by atoms with Crippen molar-refractivity contribution in [1.29, 1.82) is 0 Å². The number of carbonyl (C=O) groups is 2. The first kappa shape index (κ1) is 19.8. The fourth-order valence-corrected chi connectivity index (χ4v) is 4.43. The lowest BCUT2D eigenvalue weighted by Gasteiger charge is -2.31. The lowest BCUT2D eigenvalue weighted by molar-refractivity contribution is 0.0715. The van der Waals surface area contributed by atoms with E-state index in [0.717, 1.165) is 51.3 Å². The van der Waals surface area contributed by atoms with Gasteiger partial charge in [-0.1, -0.05) is 0 Å². The Morgan fingerprint density at radius 1 is 1.22 bits per heavy atom. The summed E-state index contributed by atoms with van der Waals surface area (Å²) in [6.07, 6.45) is 6.92. The number of aryl methyl sites for hydroxylation is 1. The van der Waals surface area contributed by atoms with Crippen molar-refractivity contribution in [3.8, 4) is 0 Å². The highest BCUT2D eigenvalue weighted by atomic mass is 32.1. The number of carbonyl (C=O) groups excluding carboxylic acids is 2. The van der Waals surface area contributed by atoms with Crippen LogP contribution in [0.25, 0.3) is 0 Å². The molecule has 0 spiro atoms. The van der Waals surface area contributed by atoms with E-state index in [2.05, 4.69) is 34.7 Å². The molecule has 2 aromatic rings. The molecule has 7 heteroatoms. The van der Waals surface area contributed by atoms with Crippen LogP contribution >= 0.6 is 11.3 Å². The molecule has 1 aliphatic rings. The highest BCUT2D eigenvalue weighted by molar-refractivity contribution is 7.15. The zero-order valence-electron chi connectivity index (χ0n) is 16.4. The molecule has 3 heterocycles. The first-order chi connectivity index (χ1) is 13.0. The summed E-state index contributed by atoms with van der Waals surface area (Å²) in [6, 6.07) is 3.52. The Kier molecular flexibility index (Phi) is 6.44. The number of thiophene rings is 1. The van der Waals surface area contributed by atoms with Crippen molar-refractivity contribution in [3.63, 3.8) is 0 Å². The summed E-state index contributed by atoms with van der Waals surface area (Å²) in [7, 11) is 4.18. The molecule has 1 aliphatic heterocycles. The van der Waals surface area contributed by atoms with Gasteiger partial charge in [0.15, 0.2) is 5.78 Å². The zero-order valence-corrected chi connectivity index (χ0v) is 17.2. The van der Waals surface area contributed by atoms with E-state index >= 15 is 0 Å². The van der Waals surface area contributed by atoms with Gasteiger partial charge in [0.1, 0.15) is 5.82 Å². The lowest BCUT2D eigenvalue weighted by Crippen LogP contribution is -2.38. The quantitative estimate of drug-likeness (QED) is 0.684. The Labute approximate surface area is 164 Å². The van der Waals surface area contributed by atoms with Crippen molar-refractivity contribution in [2.45, 2.75) is 38.6 Å². The molecule has 6 nitrogen and oxygen atoms in total. The minimum Gasteiger partial charge on any atom is -0.338 e. The van der Waals surface area contributed by atoms with Crippen LogP contribution in [0.5, 0.6) is 0 Å². The molecule has 2 aromatic heterocycles. The average Bonchev–Trinajstić information content (AvgIpc) is 3.31. The van der Waals surface area contributed by atoms with Crippen molar-refractivity contribution in [3.05, 3.63) is 40.1 Å². The van der Waals surface area contributed by atoms with E-state index in [1.165, 1.54) is 18.3 Å². The predicted molar refractivity (Wildman–Crippen MR) is 108 cm³/mol. The number of likely N-dealkylation sites (tertiary alicyclic amines) is 1. The smallest absolute Gasteiger partial charge is 0.263 e. The van der Waals surface area contributed by atoms with Crippen LogP contribution in [0.2, 0.25) is 0 Å². The largest absolute Gasteiger partial charge is 0.338 e. The number of amides is 1. The van der Waals surface area contributed by atoms with Crippen molar-refractivity contribution in [2.75, 3.05) is 33.7 Å². The average molecular weight is 389 g/mol. The van der Waals surface area contributed by atoms with E-state index in [1.807, 2.05) is 11.1 Å². The molecule has 146 valence electrons. The maximum absolute atomic E-state index is 12.7. The van der Waals surface area contributed by atoms with E-state index in [1.54, 1.807) is 12.1 Å². The van der Waals surface area contributed by atoms with Crippen molar-refractivity contribution in [2.24, 2.45) is 0 Å². The van der Waals surface area contributed by atoms with Crippen LogP contribution in [0, 0.1) is 0 Å². The van der Waals surface area contributed by atoms with Gasteiger partial charge in [-0.05, 0) is 59.0 Å². The minimum absolute atomic E-state index is 0.0128. The van der Waals surface area contributed by atoms with Crippen LogP contribution < -0.4 is 0 Å².